The third kappa shape index (κ3) is 3.74. The minimum absolute atomic E-state index is 0.230. The number of aryl methyl sites for hydroxylation is 2. The molecule has 0 bridgehead atoms. The summed E-state index contributed by atoms with van der Waals surface area (Å²) in [6, 6.07) is 14.8. The number of rotatable bonds is 4. The molecule has 0 aliphatic heterocycles. The molecule has 0 radical (unpaired) electrons. The molecule has 0 saturated heterocycles. The first-order chi connectivity index (χ1) is 12.0. The van der Waals surface area contributed by atoms with Crippen LogP contribution in [-0.4, -0.2) is 21.9 Å². The van der Waals surface area contributed by atoms with E-state index in [1.807, 2.05) is 31.2 Å². The van der Waals surface area contributed by atoms with Crippen LogP contribution >= 0.6 is 0 Å². The van der Waals surface area contributed by atoms with Crippen molar-refractivity contribution in [2.24, 2.45) is 12.0 Å². The zero-order valence-electron chi connectivity index (χ0n) is 14.1. The fourth-order valence-corrected chi connectivity index (χ4v) is 2.40. The SMILES string of the molecule is Cc1ccccc1N=Cc1cc(NC(=O)c2ccnn2C)ccc1N. The number of carbonyl (C=O) groups excluding carboxylic acids is 1. The molecule has 126 valence electrons. The van der Waals surface area contributed by atoms with E-state index in [0.29, 0.717) is 17.1 Å². The van der Waals surface area contributed by atoms with Crippen molar-refractivity contribution in [1.82, 2.24) is 9.78 Å². The van der Waals surface area contributed by atoms with Gasteiger partial charge in [-0.25, -0.2) is 0 Å². The molecule has 2 aromatic carbocycles. The molecule has 3 N–H and O–H groups in total. The van der Waals surface area contributed by atoms with E-state index in [1.165, 1.54) is 4.68 Å². The molecule has 0 aliphatic carbocycles. The normalized spacial score (nSPS) is 11.0. The van der Waals surface area contributed by atoms with Gasteiger partial charge in [0.1, 0.15) is 5.69 Å². The summed E-state index contributed by atoms with van der Waals surface area (Å²) >= 11 is 0. The van der Waals surface area contributed by atoms with E-state index in [0.717, 1.165) is 16.8 Å². The van der Waals surface area contributed by atoms with Gasteiger partial charge in [0, 0.05) is 36.4 Å². The lowest BCUT2D eigenvalue weighted by atomic mass is 10.1. The molecule has 0 unspecified atom stereocenters. The maximum atomic E-state index is 12.3. The highest BCUT2D eigenvalue weighted by Gasteiger charge is 2.10. The van der Waals surface area contributed by atoms with Gasteiger partial charge in [0.05, 0.1) is 5.69 Å². The highest BCUT2D eigenvalue weighted by atomic mass is 16.2. The third-order valence-corrected chi connectivity index (χ3v) is 3.86. The number of para-hydroxylation sites is 1. The van der Waals surface area contributed by atoms with Gasteiger partial charge in [-0.05, 0) is 42.8 Å². The highest BCUT2D eigenvalue weighted by molar-refractivity contribution is 6.03. The molecule has 3 rings (SSSR count). The molecule has 0 spiro atoms. The van der Waals surface area contributed by atoms with E-state index in [1.54, 1.807) is 43.7 Å². The van der Waals surface area contributed by atoms with Crippen molar-refractivity contribution in [1.29, 1.82) is 0 Å². The molecule has 0 atom stereocenters. The molecule has 0 aliphatic rings. The van der Waals surface area contributed by atoms with Gasteiger partial charge < -0.3 is 11.1 Å². The van der Waals surface area contributed by atoms with E-state index in [9.17, 15) is 4.79 Å². The predicted molar refractivity (Wildman–Crippen MR) is 100 cm³/mol. The maximum absolute atomic E-state index is 12.3. The van der Waals surface area contributed by atoms with E-state index >= 15 is 0 Å². The molecule has 1 amide bonds. The average Bonchev–Trinajstić information content (AvgIpc) is 3.03. The Morgan fingerprint density at radius 3 is 2.76 bits per heavy atom. The molecule has 1 aromatic heterocycles. The fraction of sp³-hybridized carbons (Fsp3) is 0.105. The van der Waals surface area contributed by atoms with Crippen molar-refractivity contribution in [3.8, 4) is 0 Å². The Balaban J connectivity index is 1.82. The molecular weight excluding hydrogens is 314 g/mol. The van der Waals surface area contributed by atoms with Crippen LogP contribution in [0.5, 0.6) is 0 Å². The van der Waals surface area contributed by atoms with Gasteiger partial charge in [0.25, 0.3) is 5.91 Å². The van der Waals surface area contributed by atoms with E-state index < -0.39 is 0 Å². The van der Waals surface area contributed by atoms with E-state index in [2.05, 4.69) is 15.4 Å². The minimum atomic E-state index is -0.230. The number of benzene rings is 2. The molecule has 1 heterocycles. The number of nitrogen functional groups attached to an aromatic ring is 1. The summed E-state index contributed by atoms with van der Waals surface area (Å²) in [4.78, 5) is 16.8. The summed E-state index contributed by atoms with van der Waals surface area (Å²) in [5.41, 5.74) is 10.4. The Kier molecular flexibility index (Phi) is 4.61. The van der Waals surface area contributed by atoms with Crippen LogP contribution in [0.2, 0.25) is 0 Å². The van der Waals surface area contributed by atoms with Gasteiger partial charge in [-0.2, -0.15) is 5.10 Å². The molecule has 0 saturated carbocycles. The lowest BCUT2D eigenvalue weighted by Crippen LogP contribution is -2.16. The largest absolute Gasteiger partial charge is 0.398 e. The summed E-state index contributed by atoms with van der Waals surface area (Å²) in [5.74, 6) is -0.230. The molecule has 6 nitrogen and oxygen atoms in total. The van der Waals surface area contributed by atoms with Crippen molar-refractivity contribution < 1.29 is 4.79 Å². The topological polar surface area (TPSA) is 85.3 Å². The van der Waals surface area contributed by atoms with E-state index in [-0.39, 0.29) is 5.91 Å². The number of aliphatic imine (C=N–C) groups is 1. The first-order valence-electron chi connectivity index (χ1n) is 7.83. The van der Waals surface area contributed by atoms with Gasteiger partial charge in [0.2, 0.25) is 0 Å². The zero-order valence-corrected chi connectivity index (χ0v) is 14.1. The van der Waals surface area contributed by atoms with Crippen LogP contribution in [0.3, 0.4) is 0 Å². The molecule has 25 heavy (non-hydrogen) atoms. The number of carbonyl (C=O) groups is 1. The number of aromatic nitrogens is 2. The van der Waals surface area contributed by atoms with Crippen LogP contribution in [0.4, 0.5) is 17.1 Å². The van der Waals surface area contributed by atoms with Crippen LogP contribution in [0.1, 0.15) is 21.6 Å². The lowest BCUT2D eigenvalue weighted by molar-refractivity contribution is 0.101. The van der Waals surface area contributed by atoms with Gasteiger partial charge in [-0.1, -0.05) is 18.2 Å². The van der Waals surface area contributed by atoms with Crippen molar-refractivity contribution in [2.75, 3.05) is 11.1 Å². The Bertz CT molecular complexity index is 942. The standard InChI is InChI=1S/C19H19N5O/c1-13-5-3-4-6-17(13)21-12-14-11-15(7-8-16(14)20)23-19(25)18-9-10-22-24(18)2/h3-12H,20H2,1-2H3,(H,23,25). The number of nitrogens with one attached hydrogen (secondary N) is 1. The van der Waals surface area contributed by atoms with Crippen molar-refractivity contribution in [2.45, 2.75) is 6.92 Å². The fourth-order valence-electron chi connectivity index (χ4n) is 2.40. The van der Waals surface area contributed by atoms with Crippen LogP contribution in [0.25, 0.3) is 0 Å². The van der Waals surface area contributed by atoms with Crippen molar-refractivity contribution in [3.63, 3.8) is 0 Å². The summed E-state index contributed by atoms with van der Waals surface area (Å²) in [5, 5.41) is 6.84. The van der Waals surface area contributed by atoms with Gasteiger partial charge in [0.15, 0.2) is 0 Å². The number of amides is 1. The van der Waals surface area contributed by atoms with Gasteiger partial charge in [-0.15, -0.1) is 0 Å². The van der Waals surface area contributed by atoms with Crippen molar-refractivity contribution in [3.05, 3.63) is 71.5 Å². The van der Waals surface area contributed by atoms with E-state index in [4.69, 9.17) is 5.73 Å². The summed E-state index contributed by atoms with van der Waals surface area (Å²) in [7, 11) is 1.72. The summed E-state index contributed by atoms with van der Waals surface area (Å²) < 4.78 is 1.52. The Morgan fingerprint density at radius 1 is 1.24 bits per heavy atom. The molecule has 3 aromatic rings. The van der Waals surface area contributed by atoms with Gasteiger partial charge in [-0.3, -0.25) is 14.5 Å². The molecular formula is C19H19N5O. The average molecular weight is 333 g/mol. The second-order valence-corrected chi connectivity index (χ2v) is 5.68. The smallest absolute Gasteiger partial charge is 0.273 e. The van der Waals surface area contributed by atoms with Crippen LogP contribution in [0.15, 0.2) is 59.7 Å². The molecule has 0 fully saturated rings. The minimum Gasteiger partial charge on any atom is -0.398 e. The monoisotopic (exact) mass is 333 g/mol. The van der Waals surface area contributed by atoms with Crippen LogP contribution in [0, 0.1) is 6.92 Å². The Labute approximate surface area is 146 Å². The second-order valence-electron chi connectivity index (χ2n) is 5.68. The summed E-state index contributed by atoms with van der Waals surface area (Å²) in [6.45, 7) is 2.00. The number of nitrogens with zero attached hydrogens (tertiary/aromatic N) is 3. The maximum Gasteiger partial charge on any atom is 0.273 e. The van der Waals surface area contributed by atoms with Crippen LogP contribution in [-0.2, 0) is 7.05 Å². The molecule has 6 heteroatoms. The number of nitrogens with two attached hydrogens (primary N) is 1. The van der Waals surface area contributed by atoms with Crippen molar-refractivity contribution >= 4 is 29.2 Å². The number of anilines is 2. The number of hydrogen-bond donors (Lipinski definition) is 2. The Hall–Kier alpha value is -3.41. The van der Waals surface area contributed by atoms with Crippen LogP contribution < -0.4 is 11.1 Å². The Morgan fingerprint density at radius 2 is 2.04 bits per heavy atom. The lowest BCUT2D eigenvalue weighted by Gasteiger charge is -2.08. The zero-order chi connectivity index (χ0) is 17.8. The first-order valence-corrected chi connectivity index (χ1v) is 7.83. The first kappa shape index (κ1) is 16.4. The number of hydrogen-bond acceptors (Lipinski definition) is 4. The van der Waals surface area contributed by atoms with Gasteiger partial charge >= 0.3 is 0 Å². The highest BCUT2D eigenvalue weighted by Crippen LogP contribution is 2.20. The third-order valence-electron chi connectivity index (χ3n) is 3.86. The predicted octanol–water partition coefficient (Wildman–Crippen LogP) is 3.31. The second kappa shape index (κ2) is 7.00. The quantitative estimate of drug-likeness (QED) is 0.567. The summed E-state index contributed by atoms with van der Waals surface area (Å²) in [6.07, 6.45) is 3.29.